The van der Waals surface area contributed by atoms with Crippen LogP contribution in [0.25, 0.3) is 11.3 Å². The van der Waals surface area contributed by atoms with Gasteiger partial charge in [0.25, 0.3) is 0 Å². The van der Waals surface area contributed by atoms with Crippen molar-refractivity contribution in [3.63, 3.8) is 0 Å². The lowest BCUT2D eigenvalue weighted by Gasteiger charge is -2.16. The van der Waals surface area contributed by atoms with E-state index in [1.807, 2.05) is 0 Å². The quantitative estimate of drug-likeness (QED) is 0.741. The lowest BCUT2D eigenvalue weighted by Crippen LogP contribution is -2.31. The van der Waals surface area contributed by atoms with Gasteiger partial charge in [0.2, 0.25) is 5.91 Å². The molecule has 2 aromatic rings. The van der Waals surface area contributed by atoms with E-state index in [-0.39, 0.29) is 18.0 Å². The van der Waals surface area contributed by atoms with Gasteiger partial charge < -0.3 is 15.4 Å². The molecule has 0 radical (unpaired) electrons. The van der Waals surface area contributed by atoms with Crippen LogP contribution < -0.4 is 15.4 Å². The minimum atomic E-state index is -4.96. The molecule has 1 amide bonds. The highest BCUT2D eigenvalue weighted by Gasteiger charge is 2.32. The summed E-state index contributed by atoms with van der Waals surface area (Å²) < 4.78 is 54.3. The second kappa shape index (κ2) is 8.04. The molecule has 1 saturated carbocycles. The van der Waals surface area contributed by atoms with Crippen LogP contribution in [-0.2, 0) is 4.79 Å². The Labute approximate surface area is 159 Å². The smallest absolute Gasteiger partial charge is 0.403 e. The summed E-state index contributed by atoms with van der Waals surface area (Å²) in [4.78, 5) is 15.3. The molecule has 1 aliphatic rings. The fourth-order valence-electron chi connectivity index (χ4n) is 3.31. The van der Waals surface area contributed by atoms with Gasteiger partial charge in [0, 0.05) is 36.5 Å². The van der Waals surface area contributed by atoms with Crippen LogP contribution in [0.15, 0.2) is 36.5 Å². The Morgan fingerprint density at radius 1 is 1.18 bits per heavy atom. The lowest BCUT2D eigenvalue weighted by atomic mass is 10.1. The third-order valence-electron chi connectivity index (χ3n) is 4.42. The van der Waals surface area contributed by atoms with Crippen LogP contribution in [0.3, 0.4) is 0 Å². The van der Waals surface area contributed by atoms with E-state index in [2.05, 4.69) is 20.4 Å². The van der Waals surface area contributed by atoms with Crippen LogP contribution in [-0.4, -0.2) is 29.3 Å². The molecule has 0 bridgehead atoms. The van der Waals surface area contributed by atoms with Crippen molar-refractivity contribution < 1.29 is 27.1 Å². The molecule has 0 saturated heterocycles. The first kappa shape index (κ1) is 19.9. The number of hydrogen-bond acceptors (Lipinski definition) is 4. The Hall–Kier alpha value is -2.84. The molecule has 1 aliphatic carbocycles. The molecule has 9 heteroatoms. The van der Waals surface area contributed by atoms with Crippen molar-refractivity contribution in [2.24, 2.45) is 0 Å². The predicted octanol–water partition coefficient (Wildman–Crippen LogP) is 4.26. The molecule has 1 heterocycles. The fourth-order valence-corrected chi connectivity index (χ4v) is 3.31. The summed E-state index contributed by atoms with van der Waals surface area (Å²) in [5.74, 6) is -2.07. The zero-order valence-electron chi connectivity index (χ0n) is 15.0. The Bertz CT molecular complexity index is 857. The average molecular weight is 397 g/mol. The molecule has 2 atom stereocenters. The maximum atomic E-state index is 13.9. The largest absolute Gasteiger partial charge is 0.573 e. The molecule has 1 fully saturated rings. The minimum Gasteiger partial charge on any atom is -0.403 e. The Morgan fingerprint density at radius 2 is 1.93 bits per heavy atom. The highest BCUT2D eigenvalue weighted by Crippen LogP contribution is 2.30. The topological polar surface area (TPSA) is 63.2 Å². The summed E-state index contributed by atoms with van der Waals surface area (Å²) in [6.07, 6.45) is -0.867. The van der Waals surface area contributed by atoms with E-state index >= 15 is 0 Å². The van der Waals surface area contributed by atoms with Crippen LogP contribution in [0.5, 0.6) is 5.75 Å². The summed E-state index contributed by atoms with van der Waals surface area (Å²) in [7, 11) is 0. The van der Waals surface area contributed by atoms with Crippen LogP contribution in [0.1, 0.15) is 26.2 Å². The van der Waals surface area contributed by atoms with E-state index in [0.717, 1.165) is 37.1 Å². The summed E-state index contributed by atoms with van der Waals surface area (Å²) in [6.45, 7) is 1.49. The molecular formula is C19H19F4N3O2. The molecule has 1 aromatic carbocycles. The lowest BCUT2D eigenvalue weighted by molar-refractivity contribution is -0.275. The summed E-state index contributed by atoms with van der Waals surface area (Å²) in [5, 5.41) is 6.25. The zero-order valence-corrected chi connectivity index (χ0v) is 15.0. The number of carbonyl (C=O) groups excluding carboxylic acids is 1. The van der Waals surface area contributed by atoms with E-state index in [9.17, 15) is 22.4 Å². The first-order valence-electron chi connectivity index (χ1n) is 8.75. The van der Waals surface area contributed by atoms with E-state index in [1.165, 1.54) is 19.2 Å². The summed E-state index contributed by atoms with van der Waals surface area (Å²) in [5.41, 5.74) is 1.51. The monoisotopic (exact) mass is 397 g/mol. The second-order valence-corrected chi connectivity index (χ2v) is 6.67. The Morgan fingerprint density at radius 3 is 2.61 bits per heavy atom. The van der Waals surface area contributed by atoms with Crippen molar-refractivity contribution in [1.82, 2.24) is 10.3 Å². The van der Waals surface area contributed by atoms with E-state index in [0.29, 0.717) is 11.3 Å². The van der Waals surface area contributed by atoms with Crippen molar-refractivity contribution >= 4 is 11.6 Å². The first-order valence-corrected chi connectivity index (χ1v) is 8.75. The third-order valence-corrected chi connectivity index (χ3v) is 4.42. The van der Waals surface area contributed by atoms with Crippen LogP contribution in [0.4, 0.5) is 23.2 Å². The Kier molecular flexibility index (Phi) is 5.71. The molecule has 3 rings (SSSR count). The van der Waals surface area contributed by atoms with Gasteiger partial charge in [0.1, 0.15) is 0 Å². The maximum absolute atomic E-state index is 13.9. The number of nitrogens with zero attached hydrogens (tertiary/aromatic N) is 1. The van der Waals surface area contributed by atoms with Crippen LogP contribution in [0, 0.1) is 5.82 Å². The van der Waals surface area contributed by atoms with Gasteiger partial charge in [-0.1, -0.05) is 0 Å². The van der Waals surface area contributed by atoms with Crippen molar-refractivity contribution in [2.75, 3.05) is 5.32 Å². The number of amides is 1. The van der Waals surface area contributed by atoms with Crippen molar-refractivity contribution in [3.05, 3.63) is 42.3 Å². The van der Waals surface area contributed by atoms with Crippen LogP contribution >= 0.6 is 0 Å². The number of ether oxygens (including phenoxy) is 1. The van der Waals surface area contributed by atoms with E-state index in [1.54, 1.807) is 12.1 Å². The number of pyridine rings is 1. The highest BCUT2D eigenvalue weighted by atomic mass is 19.4. The number of alkyl halides is 3. The van der Waals surface area contributed by atoms with Gasteiger partial charge in [-0.25, -0.2) is 4.39 Å². The van der Waals surface area contributed by atoms with Crippen LogP contribution in [0.2, 0.25) is 0 Å². The molecular weight excluding hydrogens is 378 g/mol. The highest BCUT2D eigenvalue weighted by molar-refractivity contribution is 5.73. The summed E-state index contributed by atoms with van der Waals surface area (Å²) >= 11 is 0. The van der Waals surface area contributed by atoms with Crippen molar-refractivity contribution in [1.29, 1.82) is 0 Å². The van der Waals surface area contributed by atoms with Crippen molar-refractivity contribution in [2.45, 2.75) is 44.6 Å². The number of rotatable bonds is 5. The first-order chi connectivity index (χ1) is 13.2. The standard InChI is InChI=1S/C19H19F4N3O2/c1-11(27)25-13-3-4-14(9-13)26-15-6-7-24-17(10-15)12-2-5-18(16(20)8-12)28-19(21,22)23/h2,5-8,10,13-14H,3-4,9H2,1H3,(H,24,26)(H,25,27)/t13-,14+/m1/s1. The van der Waals surface area contributed by atoms with Gasteiger partial charge in [0.05, 0.1) is 5.69 Å². The number of aromatic nitrogens is 1. The van der Waals surface area contributed by atoms with E-state index in [4.69, 9.17) is 0 Å². The zero-order chi connectivity index (χ0) is 20.3. The molecule has 0 unspecified atom stereocenters. The van der Waals surface area contributed by atoms with Gasteiger partial charge in [-0.15, -0.1) is 13.2 Å². The third kappa shape index (κ3) is 5.34. The number of halogens is 4. The van der Waals surface area contributed by atoms with Gasteiger partial charge in [0.15, 0.2) is 11.6 Å². The van der Waals surface area contributed by atoms with Gasteiger partial charge in [-0.05, 0) is 49.6 Å². The molecule has 5 nitrogen and oxygen atoms in total. The molecule has 0 spiro atoms. The number of nitrogens with one attached hydrogen (secondary N) is 2. The molecule has 0 aliphatic heterocycles. The summed E-state index contributed by atoms with van der Waals surface area (Å²) in [6, 6.07) is 6.96. The molecule has 2 N–H and O–H groups in total. The normalized spacial score (nSPS) is 19.3. The van der Waals surface area contributed by atoms with Gasteiger partial charge >= 0.3 is 6.36 Å². The van der Waals surface area contributed by atoms with Crippen molar-refractivity contribution in [3.8, 4) is 17.0 Å². The van der Waals surface area contributed by atoms with Gasteiger partial charge in [-0.3, -0.25) is 9.78 Å². The molecule has 1 aromatic heterocycles. The predicted molar refractivity (Wildman–Crippen MR) is 95.2 cm³/mol. The van der Waals surface area contributed by atoms with Gasteiger partial charge in [-0.2, -0.15) is 0 Å². The number of carbonyl (C=O) groups is 1. The number of benzene rings is 1. The molecule has 150 valence electrons. The number of anilines is 1. The number of hydrogen-bond donors (Lipinski definition) is 2. The second-order valence-electron chi connectivity index (χ2n) is 6.67. The maximum Gasteiger partial charge on any atom is 0.573 e. The van der Waals surface area contributed by atoms with E-state index < -0.39 is 17.9 Å². The molecule has 28 heavy (non-hydrogen) atoms. The Balaban J connectivity index is 1.70. The average Bonchev–Trinajstić information content (AvgIpc) is 3.02. The SMILES string of the molecule is CC(=O)N[C@@H]1CC[C@H](Nc2ccnc(-c3ccc(OC(F)(F)F)c(F)c3)c2)C1. The fraction of sp³-hybridized carbons (Fsp3) is 0.368. The minimum absolute atomic E-state index is 0.0585.